The number of likely N-dealkylation sites (tertiary alicyclic amines) is 1. The van der Waals surface area contributed by atoms with Crippen LogP contribution < -0.4 is 22.5 Å². The maximum absolute atomic E-state index is 14.9. The number of amides is 3. The number of nitrogens with two attached hydrogens (primary N) is 2. The van der Waals surface area contributed by atoms with Crippen molar-refractivity contribution < 1.29 is 14.0 Å². The number of rotatable bonds is 7. The van der Waals surface area contributed by atoms with E-state index in [4.69, 9.17) is 11.5 Å². The van der Waals surface area contributed by atoms with Gasteiger partial charge in [-0.2, -0.15) is 4.98 Å². The van der Waals surface area contributed by atoms with Crippen LogP contribution in [0.2, 0.25) is 0 Å². The minimum absolute atomic E-state index is 0.0977. The van der Waals surface area contributed by atoms with Gasteiger partial charge in [0, 0.05) is 52.0 Å². The second kappa shape index (κ2) is 10.7. The van der Waals surface area contributed by atoms with E-state index < -0.39 is 17.3 Å². The summed E-state index contributed by atoms with van der Waals surface area (Å²) >= 11 is 0. The van der Waals surface area contributed by atoms with Gasteiger partial charge in [-0.1, -0.05) is 6.07 Å². The summed E-state index contributed by atoms with van der Waals surface area (Å²) in [6.45, 7) is 8.36. The maximum atomic E-state index is 14.9. The lowest BCUT2D eigenvalue weighted by Crippen LogP contribution is -2.58. The molecule has 1 aliphatic carbocycles. The molecule has 12 heteroatoms. The highest BCUT2D eigenvalue weighted by Gasteiger charge is 2.54. The zero-order valence-corrected chi connectivity index (χ0v) is 22.5. The number of aromatic nitrogens is 2. The summed E-state index contributed by atoms with van der Waals surface area (Å²) in [7, 11) is 0. The predicted molar refractivity (Wildman–Crippen MR) is 145 cm³/mol. The molecule has 3 heterocycles. The Hall–Kier alpha value is -3.35. The molecule has 2 aliphatic heterocycles. The molecule has 3 amide bonds. The van der Waals surface area contributed by atoms with Gasteiger partial charge in [0.2, 0.25) is 5.91 Å². The first-order valence-electron chi connectivity index (χ1n) is 13.5. The minimum atomic E-state index is -0.968. The van der Waals surface area contributed by atoms with Crippen LogP contribution in [-0.4, -0.2) is 94.1 Å². The van der Waals surface area contributed by atoms with Gasteiger partial charge in [0.1, 0.15) is 11.6 Å². The van der Waals surface area contributed by atoms with Gasteiger partial charge >= 0.3 is 11.7 Å². The Kier molecular flexibility index (Phi) is 7.45. The van der Waals surface area contributed by atoms with Crippen LogP contribution >= 0.6 is 0 Å². The second-order valence-corrected chi connectivity index (χ2v) is 11.4. The fourth-order valence-electron chi connectivity index (χ4n) is 5.81. The Morgan fingerprint density at radius 3 is 2.36 bits per heavy atom. The molecular weight excluding hydrogens is 503 g/mol. The molecule has 2 aromatic rings. The number of urea groups is 1. The molecule has 5 N–H and O–H groups in total. The van der Waals surface area contributed by atoms with Crippen molar-refractivity contribution in [3.8, 4) is 5.69 Å². The molecule has 2 saturated heterocycles. The first-order valence-corrected chi connectivity index (χ1v) is 13.5. The molecule has 3 fully saturated rings. The van der Waals surface area contributed by atoms with Crippen molar-refractivity contribution in [2.24, 2.45) is 29.2 Å². The predicted octanol–water partition coefficient (Wildman–Crippen LogP) is 0.464. The van der Waals surface area contributed by atoms with Gasteiger partial charge < -0.3 is 26.2 Å². The Bertz CT molecular complexity index is 1290. The number of hydrogen-bond donors (Lipinski definition) is 3. The van der Waals surface area contributed by atoms with E-state index in [1.165, 1.54) is 22.9 Å². The van der Waals surface area contributed by atoms with E-state index in [-0.39, 0.29) is 17.5 Å². The van der Waals surface area contributed by atoms with E-state index in [0.29, 0.717) is 61.6 Å². The fraction of sp³-hybridized carbons (Fsp3) is 0.556. The molecule has 0 radical (unpaired) electrons. The van der Waals surface area contributed by atoms with Gasteiger partial charge in [0.05, 0.1) is 11.2 Å². The molecule has 1 saturated carbocycles. The number of carbonyl (C=O) groups is 2. The van der Waals surface area contributed by atoms with E-state index in [9.17, 15) is 18.8 Å². The maximum Gasteiger partial charge on any atom is 0.354 e. The third-order valence-corrected chi connectivity index (χ3v) is 8.18. The average molecular weight is 541 g/mol. The number of piperidine rings is 1. The number of hydrogen-bond acceptors (Lipinski definition) is 7. The van der Waals surface area contributed by atoms with E-state index in [2.05, 4.69) is 15.2 Å². The van der Waals surface area contributed by atoms with Crippen LogP contribution in [0.15, 0.2) is 35.3 Å². The van der Waals surface area contributed by atoms with Crippen molar-refractivity contribution >= 4 is 17.8 Å². The molecule has 0 unspecified atom stereocenters. The Labute approximate surface area is 226 Å². The number of benzene rings is 1. The first-order chi connectivity index (χ1) is 18.5. The Morgan fingerprint density at radius 2 is 1.77 bits per heavy atom. The third-order valence-electron chi connectivity index (χ3n) is 8.18. The number of fused-ring (bicyclic) bond motifs is 1. The molecule has 5 rings (SSSR count). The summed E-state index contributed by atoms with van der Waals surface area (Å²) < 4.78 is 16.1. The van der Waals surface area contributed by atoms with Crippen molar-refractivity contribution in [3.05, 3.63) is 52.3 Å². The number of halogens is 1. The van der Waals surface area contributed by atoms with E-state index in [1.54, 1.807) is 35.8 Å². The van der Waals surface area contributed by atoms with E-state index in [0.717, 1.165) is 26.2 Å². The summed E-state index contributed by atoms with van der Waals surface area (Å²) in [6.07, 6.45) is 2.06. The summed E-state index contributed by atoms with van der Waals surface area (Å²) in [6, 6.07) is 5.83. The second-order valence-electron chi connectivity index (χ2n) is 11.4. The number of anilines is 1. The summed E-state index contributed by atoms with van der Waals surface area (Å²) in [5.74, 6) is 1.65. The lowest BCUT2D eigenvalue weighted by molar-refractivity contribution is -0.137. The van der Waals surface area contributed by atoms with Crippen LogP contribution in [-0.2, 0) is 11.2 Å². The monoisotopic (exact) mass is 540 g/mol. The fourth-order valence-corrected chi connectivity index (χ4v) is 5.81. The molecule has 1 aromatic carbocycles. The third kappa shape index (κ3) is 5.82. The van der Waals surface area contributed by atoms with Gasteiger partial charge in [0.15, 0.2) is 0 Å². The number of nitrogens with one attached hydrogen (secondary N) is 1. The van der Waals surface area contributed by atoms with Crippen LogP contribution in [0.1, 0.15) is 19.4 Å². The van der Waals surface area contributed by atoms with Gasteiger partial charge in [-0.15, -0.1) is 0 Å². The highest BCUT2D eigenvalue weighted by atomic mass is 19.1. The molecule has 3 atom stereocenters. The van der Waals surface area contributed by atoms with Gasteiger partial charge in [0.25, 0.3) is 0 Å². The molecule has 11 nitrogen and oxygen atoms in total. The van der Waals surface area contributed by atoms with Crippen molar-refractivity contribution in [2.45, 2.75) is 25.8 Å². The van der Waals surface area contributed by atoms with Crippen molar-refractivity contribution in [1.82, 2.24) is 24.3 Å². The molecule has 210 valence electrons. The van der Waals surface area contributed by atoms with Crippen LogP contribution in [0, 0.1) is 23.6 Å². The molecular formula is C27H37FN8O3. The summed E-state index contributed by atoms with van der Waals surface area (Å²) in [5.41, 5.74) is 11.0. The topological polar surface area (TPSA) is 143 Å². The summed E-state index contributed by atoms with van der Waals surface area (Å²) in [5, 5.41) is 2.63. The standard InChI is InChI=1S/C27H37FN8O3/c1-27(2,30)24(37)34-9-11-35(12-10-34)25(38)31-23-6-8-36(26(39)32-23)18-4-3-17(22(28)13-18)5-7-33-15-20-19(14-29)21(20)16-33/h3-4,6,8,13,19-21H,5,7,9-12,14-16,29-30H2,1-2H3,(H,31,32,38,39)/t19-,20-,21+. The molecule has 0 bridgehead atoms. The smallest absolute Gasteiger partial charge is 0.338 e. The number of nitrogens with zero attached hydrogens (tertiary/aromatic N) is 5. The van der Waals surface area contributed by atoms with Gasteiger partial charge in [-0.05, 0) is 68.3 Å². The molecule has 3 aliphatic rings. The van der Waals surface area contributed by atoms with Crippen LogP contribution in [0.5, 0.6) is 0 Å². The van der Waals surface area contributed by atoms with Crippen LogP contribution in [0.25, 0.3) is 5.69 Å². The number of piperazine rings is 1. The zero-order valence-electron chi connectivity index (χ0n) is 22.5. The SMILES string of the molecule is CC(C)(N)C(=O)N1CCN(C(=O)Nc2ccn(-c3ccc(CCN4C[C@@H]5[C@@H](CN)[C@@H]5C4)c(F)c3)c(=O)n2)CC1. The van der Waals surface area contributed by atoms with Crippen LogP contribution in [0.4, 0.5) is 15.0 Å². The zero-order chi connectivity index (χ0) is 27.9. The van der Waals surface area contributed by atoms with Crippen molar-refractivity contribution in [3.63, 3.8) is 0 Å². The lowest BCUT2D eigenvalue weighted by Gasteiger charge is -2.37. The molecule has 0 spiro atoms. The van der Waals surface area contributed by atoms with Crippen molar-refractivity contribution in [1.29, 1.82) is 0 Å². The Morgan fingerprint density at radius 1 is 1.10 bits per heavy atom. The van der Waals surface area contributed by atoms with Crippen molar-refractivity contribution in [2.75, 3.05) is 57.7 Å². The minimum Gasteiger partial charge on any atom is -0.338 e. The molecule has 1 aromatic heterocycles. The van der Waals surface area contributed by atoms with Crippen LogP contribution in [0.3, 0.4) is 0 Å². The lowest BCUT2D eigenvalue weighted by atomic mass is 10.1. The van der Waals surface area contributed by atoms with E-state index >= 15 is 0 Å². The first kappa shape index (κ1) is 27.2. The Balaban J connectivity index is 1.14. The largest absolute Gasteiger partial charge is 0.354 e. The summed E-state index contributed by atoms with van der Waals surface area (Å²) in [4.78, 5) is 47.2. The number of carbonyl (C=O) groups excluding carboxylic acids is 2. The van der Waals surface area contributed by atoms with E-state index in [1.807, 2.05) is 0 Å². The van der Waals surface area contributed by atoms with Gasteiger partial charge in [-0.3, -0.25) is 14.7 Å². The highest BCUT2D eigenvalue weighted by molar-refractivity contribution is 5.89. The quantitative estimate of drug-likeness (QED) is 0.463. The molecule has 39 heavy (non-hydrogen) atoms. The normalized spacial score (nSPS) is 23.1. The highest BCUT2D eigenvalue weighted by Crippen LogP contribution is 2.50. The van der Waals surface area contributed by atoms with Gasteiger partial charge in [-0.25, -0.2) is 14.0 Å². The average Bonchev–Trinajstić information content (AvgIpc) is 3.38.